The van der Waals surface area contributed by atoms with Crippen LogP contribution in [0.25, 0.3) is 10.9 Å². The Bertz CT molecular complexity index is 1580. The van der Waals surface area contributed by atoms with Crippen molar-refractivity contribution in [2.75, 3.05) is 26.2 Å². The van der Waals surface area contributed by atoms with Crippen LogP contribution in [0, 0.1) is 11.6 Å². The number of nitrogens with zero attached hydrogens (tertiary/aromatic N) is 3. The minimum absolute atomic E-state index is 0.0920. The minimum atomic E-state index is -1.03. The number of amides is 2. The largest absolute Gasteiger partial charge is 0.459 e. The molecule has 0 saturated carbocycles. The highest BCUT2D eigenvalue weighted by atomic mass is 19.1. The zero-order chi connectivity index (χ0) is 25.4. The van der Waals surface area contributed by atoms with Gasteiger partial charge in [0.2, 0.25) is 0 Å². The molecule has 2 amide bonds. The van der Waals surface area contributed by atoms with Crippen molar-refractivity contribution in [2.24, 2.45) is 0 Å². The Morgan fingerprint density at radius 1 is 0.889 bits per heavy atom. The van der Waals surface area contributed by atoms with Gasteiger partial charge in [-0.3, -0.25) is 23.9 Å². The zero-order valence-electron chi connectivity index (χ0n) is 18.9. The van der Waals surface area contributed by atoms with Crippen molar-refractivity contribution in [1.29, 1.82) is 0 Å². The number of para-hydroxylation sites is 1. The van der Waals surface area contributed by atoms with Crippen LogP contribution in [0.4, 0.5) is 8.78 Å². The quantitative estimate of drug-likeness (QED) is 0.468. The van der Waals surface area contributed by atoms with E-state index in [1.807, 2.05) is 0 Å². The molecule has 5 rings (SSSR count). The number of aromatic nitrogens is 2. The average molecular weight is 494 g/mol. The smallest absolute Gasteiger partial charge is 0.329 e. The lowest BCUT2D eigenvalue weighted by Gasteiger charge is -2.34. The lowest BCUT2D eigenvalue weighted by atomic mass is 10.1. The number of halogens is 2. The molecule has 3 heterocycles. The highest BCUT2D eigenvalue weighted by Crippen LogP contribution is 2.20. The number of nitrogens with one attached hydrogen (secondary N) is 1. The van der Waals surface area contributed by atoms with Crippen LogP contribution in [-0.2, 0) is 6.54 Å². The van der Waals surface area contributed by atoms with Crippen LogP contribution in [0.5, 0.6) is 0 Å². The van der Waals surface area contributed by atoms with Gasteiger partial charge in [0.05, 0.1) is 29.3 Å². The van der Waals surface area contributed by atoms with Crippen molar-refractivity contribution in [2.45, 2.75) is 6.54 Å². The van der Waals surface area contributed by atoms with Crippen molar-refractivity contribution in [3.63, 3.8) is 0 Å². The van der Waals surface area contributed by atoms with Crippen molar-refractivity contribution < 1.29 is 22.8 Å². The molecule has 9 nitrogen and oxygen atoms in total. The van der Waals surface area contributed by atoms with Gasteiger partial charge < -0.3 is 14.2 Å². The van der Waals surface area contributed by atoms with Gasteiger partial charge in [-0.2, -0.15) is 0 Å². The molecule has 0 atom stereocenters. The first-order valence-electron chi connectivity index (χ1n) is 11.2. The number of rotatable bonds is 4. The van der Waals surface area contributed by atoms with Crippen LogP contribution in [0.3, 0.4) is 0 Å². The van der Waals surface area contributed by atoms with E-state index < -0.39 is 28.8 Å². The fourth-order valence-corrected chi connectivity index (χ4v) is 4.29. The number of carbonyl (C=O) groups is 2. The molecule has 4 aromatic rings. The summed E-state index contributed by atoms with van der Waals surface area (Å²) in [6.07, 6.45) is 1.39. The van der Waals surface area contributed by atoms with E-state index in [-0.39, 0.29) is 66.4 Å². The van der Waals surface area contributed by atoms with Crippen LogP contribution in [0.2, 0.25) is 0 Å². The summed E-state index contributed by atoms with van der Waals surface area (Å²) >= 11 is 0. The molecule has 0 bridgehead atoms. The van der Waals surface area contributed by atoms with Crippen LogP contribution in [-0.4, -0.2) is 57.3 Å². The Hall–Kier alpha value is -4.54. The molecule has 1 N–H and O–H groups in total. The third-order valence-corrected chi connectivity index (χ3v) is 6.19. The number of hydrogen-bond acceptors (Lipinski definition) is 5. The minimum Gasteiger partial charge on any atom is -0.459 e. The van der Waals surface area contributed by atoms with Gasteiger partial charge in [-0.15, -0.1) is 0 Å². The Balaban J connectivity index is 1.39. The van der Waals surface area contributed by atoms with E-state index in [9.17, 15) is 28.0 Å². The number of H-pyrrole nitrogens is 1. The molecule has 0 radical (unpaired) electrons. The topological polar surface area (TPSA) is 109 Å². The maximum Gasteiger partial charge on any atom is 0.329 e. The van der Waals surface area contributed by atoms with E-state index >= 15 is 0 Å². The van der Waals surface area contributed by atoms with Crippen molar-refractivity contribution in [3.05, 3.63) is 104 Å². The number of hydrogen-bond donors (Lipinski definition) is 1. The number of fused-ring (bicyclic) bond motifs is 1. The first kappa shape index (κ1) is 23.2. The van der Waals surface area contributed by atoms with Crippen molar-refractivity contribution in [1.82, 2.24) is 19.4 Å². The van der Waals surface area contributed by atoms with Crippen molar-refractivity contribution in [3.8, 4) is 0 Å². The summed E-state index contributed by atoms with van der Waals surface area (Å²) < 4.78 is 35.6. The van der Waals surface area contributed by atoms with E-state index in [0.29, 0.717) is 6.07 Å². The fraction of sp³-hybridized carbons (Fsp3) is 0.200. The molecule has 1 aliphatic heterocycles. The molecule has 0 unspecified atom stereocenters. The van der Waals surface area contributed by atoms with Gasteiger partial charge in [0.25, 0.3) is 17.4 Å². The lowest BCUT2D eigenvalue weighted by molar-refractivity contribution is 0.0515. The van der Waals surface area contributed by atoms with E-state index in [2.05, 4.69) is 4.98 Å². The van der Waals surface area contributed by atoms with E-state index in [1.165, 1.54) is 22.1 Å². The van der Waals surface area contributed by atoms with E-state index in [1.54, 1.807) is 30.3 Å². The summed E-state index contributed by atoms with van der Waals surface area (Å²) in [6, 6.07) is 11.2. The first-order valence-corrected chi connectivity index (χ1v) is 11.2. The molecule has 2 aromatic carbocycles. The van der Waals surface area contributed by atoms with Crippen LogP contribution in [0.1, 0.15) is 26.5 Å². The molecule has 2 aromatic heterocycles. The first-order chi connectivity index (χ1) is 17.3. The Morgan fingerprint density at radius 3 is 2.28 bits per heavy atom. The van der Waals surface area contributed by atoms with Crippen LogP contribution >= 0.6 is 0 Å². The Labute approximate surface area is 202 Å². The maximum atomic E-state index is 14.7. The lowest BCUT2D eigenvalue weighted by Crippen LogP contribution is -2.50. The second-order valence-corrected chi connectivity index (χ2v) is 8.35. The van der Waals surface area contributed by atoms with Crippen LogP contribution < -0.4 is 11.2 Å². The SMILES string of the molecule is O=C(c1ccco1)N1CCN(C(=O)c2cc(Cn3c(=O)[nH]c(=O)c4ccccc43)c(F)cc2F)CC1. The van der Waals surface area contributed by atoms with Gasteiger partial charge >= 0.3 is 5.69 Å². The van der Waals surface area contributed by atoms with Gasteiger partial charge in [0.1, 0.15) is 11.6 Å². The zero-order valence-corrected chi connectivity index (χ0v) is 18.9. The van der Waals surface area contributed by atoms with Gasteiger partial charge in [0, 0.05) is 37.8 Å². The highest BCUT2D eigenvalue weighted by molar-refractivity contribution is 5.95. The molecule has 0 spiro atoms. The normalized spacial score (nSPS) is 13.8. The van der Waals surface area contributed by atoms with Crippen molar-refractivity contribution >= 4 is 22.7 Å². The third kappa shape index (κ3) is 4.19. The van der Waals surface area contributed by atoms with E-state index in [0.717, 1.165) is 10.6 Å². The average Bonchev–Trinajstić information content (AvgIpc) is 3.42. The molecular formula is C25H20F2N4O5. The monoisotopic (exact) mass is 494 g/mol. The highest BCUT2D eigenvalue weighted by Gasteiger charge is 2.28. The number of aromatic amines is 1. The second-order valence-electron chi connectivity index (χ2n) is 8.35. The standard InChI is InChI=1S/C25H20F2N4O5/c26-18-13-19(27)17(23(33)29-7-9-30(10-8-29)24(34)21-6-3-11-36-21)12-15(18)14-31-20-5-2-1-4-16(20)22(32)28-25(31)35/h1-6,11-13H,7-10,14H2,(H,28,32,35). The fourth-order valence-electron chi connectivity index (χ4n) is 4.29. The predicted octanol–water partition coefficient (Wildman–Crippen LogP) is 2.21. The number of benzene rings is 2. The molecule has 1 fully saturated rings. The third-order valence-electron chi connectivity index (χ3n) is 6.19. The van der Waals surface area contributed by atoms with Gasteiger partial charge in [0.15, 0.2) is 5.76 Å². The molecule has 0 aliphatic carbocycles. The summed E-state index contributed by atoms with van der Waals surface area (Å²) in [6.45, 7) is 0.427. The van der Waals surface area contributed by atoms with Gasteiger partial charge in [-0.1, -0.05) is 12.1 Å². The van der Waals surface area contributed by atoms with E-state index in [4.69, 9.17) is 4.42 Å². The van der Waals surface area contributed by atoms with Gasteiger partial charge in [-0.25, -0.2) is 13.6 Å². The summed E-state index contributed by atoms with van der Waals surface area (Å²) in [5, 5.41) is 0.234. The molecule has 184 valence electrons. The molecule has 11 heteroatoms. The maximum absolute atomic E-state index is 14.7. The molecule has 1 saturated heterocycles. The van der Waals surface area contributed by atoms with Crippen LogP contribution in [0.15, 0.2) is 68.8 Å². The van der Waals surface area contributed by atoms with Gasteiger partial charge in [-0.05, 0) is 30.3 Å². The second kappa shape index (κ2) is 9.25. The summed E-state index contributed by atoms with van der Waals surface area (Å²) in [7, 11) is 0. The molecule has 36 heavy (non-hydrogen) atoms. The number of furan rings is 1. The Kier molecular flexibility index (Phi) is 5.96. The summed E-state index contributed by atoms with van der Waals surface area (Å²) in [4.78, 5) is 55.2. The molecule has 1 aliphatic rings. The number of carbonyl (C=O) groups excluding carboxylic acids is 2. The summed E-state index contributed by atoms with van der Waals surface area (Å²) in [5.41, 5.74) is -1.50. The predicted molar refractivity (Wildman–Crippen MR) is 125 cm³/mol. The Morgan fingerprint density at radius 2 is 1.58 bits per heavy atom. The summed E-state index contributed by atoms with van der Waals surface area (Å²) in [5.74, 6) is -2.73. The molecular weight excluding hydrogens is 474 g/mol. The number of piperazine rings is 1.